The Morgan fingerprint density at radius 1 is 1.05 bits per heavy atom. The zero-order valence-corrected chi connectivity index (χ0v) is 12.7. The van der Waals surface area contributed by atoms with Gasteiger partial charge in [-0.3, -0.25) is 9.80 Å². The number of piperazine rings is 1. The van der Waals surface area contributed by atoms with E-state index >= 15 is 0 Å². The Balaban J connectivity index is 1.68. The molecule has 2 heterocycles. The first-order valence-corrected chi connectivity index (χ1v) is 8.02. The Morgan fingerprint density at radius 2 is 1.74 bits per heavy atom. The van der Waals surface area contributed by atoms with Gasteiger partial charge >= 0.3 is 0 Å². The lowest BCUT2D eigenvalue weighted by molar-refractivity contribution is 0.0544. The van der Waals surface area contributed by atoms with Gasteiger partial charge in [0.2, 0.25) is 0 Å². The molecule has 0 aromatic heterocycles. The number of aliphatic hydroxyl groups is 1. The van der Waals surface area contributed by atoms with E-state index in [0.29, 0.717) is 0 Å². The molecule has 0 unspecified atom stereocenters. The van der Waals surface area contributed by atoms with Crippen molar-refractivity contribution in [1.29, 1.82) is 0 Å². The molecular formula is C15H31N3O. The molecule has 0 aromatic carbocycles. The summed E-state index contributed by atoms with van der Waals surface area (Å²) in [4.78, 5) is 7.56. The molecule has 0 aromatic rings. The van der Waals surface area contributed by atoms with Crippen LogP contribution in [-0.4, -0.2) is 84.8 Å². The second-order valence-corrected chi connectivity index (χ2v) is 6.29. The molecule has 112 valence electrons. The Labute approximate surface area is 118 Å². The average molecular weight is 269 g/mol. The fraction of sp³-hybridized carbons (Fsp3) is 1.00. The molecule has 2 saturated heterocycles. The summed E-state index contributed by atoms with van der Waals surface area (Å²) in [6, 6.07) is 0.765. The Bertz CT molecular complexity index is 254. The molecule has 4 heteroatoms. The van der Waals surface area contributed by atoms with E-state index in [1.165, 1.54) is 45.4 Å². The monoisotopic (exact) mass is 269 g/mol. The topological polar surface area (TPSA) is 30.0 Å². The van der Waals surface area contributed by atoms with Gasteiger partial charge in [0.05, 0.1) is 6.10 Å². The number of rotatable bonds is 5. The maximum atomic E-state index is 9.71. The van der Waals surface area contributed by atoms with Crippen LogP contribution in [0.2, 0.25) is 0 Å². The molecule has 0 radical (unpaired) electrons. The number of aliphatic hydroxyl groups excluding tert-OH is 1. The van der Waals surface area contributed by atoms with Gasteiger partial charge in [-0.2, -0.15) is 0 Å². The SMILES string of the molecule is CC[C@H](O)CN1CCN(C[C@H]2CCCCN2C)CC1. The lowest BCUT2D eigenvalue weighted by Gasteiger charge is -2.40. The number of likely N-dealkylation sites (tertiary alicyclic amines) is 1. The first-order valence-electron chi connectivity index (χ1n) is 8.02. The summed E-state index contributed by atoms with van der Waals surface area (Å²) in [5, 5.41) is 9.71. The van der Waals surface area contributed by atoms with E-state index in [0.717, 1.165) is 32.1 Å². The van der Waals surface area contributed by atoms with Gasteiger partial charge in [0.15, 0.2) is 0 Å². The quantitative estimate of drug-likeness (QED) is 0.802. The van der Waals surface area contributed by atoms with Crippen LogP contribution in [0.3, 0.4) is 0 Å². The van der Waals surface area contributed by atoms with E-state index in [1.807, 2.05) is 0 Å². The van der Waals surface area contributed by atoms with Crippen molar-refractivity contribution in [1.82, 2.24) is 14.7 Å². The number of nitrogens with zero attached hydrogens (tertiary/aromatic N) is 3. The van der Waals surface area contributed by atoms with Gasteiger partial charge in [0.25, 0.3) is 0 Å². The van der Waals surface area contributed by atoms with E-state index in [1.54, 1.807) is 0 Å². The molecule has 4 nitrogen and oxygen atoms in total. The molecule has 2 atom stereocenters. The summed E-state index contributed by atoms with van der Waals surface area (Å²) in [7, 11) is 2.28. The number of β-amino-alcohol motifs (C(OH)–C–C–N with tert-alkyl or cyclic N) is 1. The summed E-state index contributed by atoms with van der Waals surface area (Å²) < 4.78 is 0. The zero-order valence-electron chi connectivity index (χ0n) is 12.7. The predicted molar refractivity (Wildman–Crippen MR) is 79.4 cm³/mol. The van der Waals surface area contributed by atoms with Crippen molar-refractivity contribution in [2.75, 3.05) is 52.9 Å². The molecule has 0 saturated carbocycles. The second-order valence-electron chi connectivity index (χ2n) is 6.29. The summed E-state index contributed by atoms with van der Waals surface area (Å²) in [6.45, 7) is 9.99. The van der Waals surface area contributed by atoms with Crippen LogP contribution in [0.15, 0.2) is 0 Å². The van der Waals surface area contributed by atoms with Crippen LogP contribution >= 0.6 is 0 Å². The largest absolute Gasteiger partial charge is 0.392 e. The summed E-state index contributed by atoms with van der Waals surface area (Å²) in [6.07, 6.45) is 4.86. The van der Waals surface area contributed by atoms with Crippen LogP contribution in [0.4, 0.5) is 0 Å². The maximum absolute atomic E-state index is 9.71. The number of likely N-dealkylation sites (N-methyl/N-ethyl adjacent to an activating group) is 1. The second kappa shape index (κ2) is 7.58. The van der Waals surface area contributed by atoms with E-state index in [2.05, 4.69) is 28.7 Å². The first kappa shape index (κ1) is 15.2. The van der Waals surface area contributed by atoms with Crippen molar-refractivity contribution in [3.8, 4) is 0 Å². The summed E-state index contributed by atoms with van der Waals surface area (Å²) in [5.74, 6) is 0. The van der Waals surface area contributed by atoms with Crippen LogP contribution in [0, 0.1) is 0 Å². The van der Waals surface area contributed by atoms with Crippen molar-refractivity contribution in [3.05, 3.63) is 0 Å². The van der Waals surface area contributed by atoms with Crippen LogP contribution < -0.4 is 0 Å². The highest BCUT2D eigenvalue weighted by atomic mass is 16.3. The Hall–Kier alpha value is -0.160. The molecule has 0 aliphatic carbocycles. The van der Waals surface area contributed by atoms with Gasteiger partial charge < -0.3 is 10.0 Å². The minimum Gasteiger partial charge on any atom is -0.392 e. The Kier molecular flexibility index (Phi) is 6.07. The molecular weight excluding hydrogens is 238 g/mol. The van der Waals surface area contributed by atoms with Crippen molar-refractivity contribution in [2.45, 2.75) is 44.8 Å². The van der Waals surface area contributed by atoms with Crippen LogP contribution in [0.25, 0.3) is 0 Å². The molecule has 1 N–H and O–H groups in total. The fourth-order valence-electron chi connectivity index (χ4n) is 3.25. The average Bonchev–Trinajstić information content (AvgIpc) is 2.43. The third kappa shape index (κ3) is 4.71. The highest BCUT2D eigenvalue weighted by Gasteiger charge is 2.24. The standard InChI is InChI=1S/C15H31N3O/c1-3-15(19)13-18-10-8-17(9-11-18)12-14-6-4-5-7-16(14)2/h14-15,19H,3-13H2,1-2H3/t14-,15+/m1/s1. The number of hydrogen-bond acceptors (Lipinski definition) is 4. The molecule has 2 rings (SSSR count). The first-order chi connectivity index (χ1) is 9.19. The minimum atomic E-state index is -0.143. The molecule has 0 spiro atoms. The molecule has 2 fully saturated rings. The lowest BCUT2D eigenvalue weighted by Crippen LogP contribution is -2.52. The molecule has 0 amide bonds. The van der Waals surface area contributed by atoms with Gasteiger partial charge in [-0.15, -0.1) is 0 Å². The molecule has 0 bridgehead atoms. The number of hydrogen-bond donors (Lipinski definition) is 1. The fourth-order valence-corrected chi connectivity index (χ4v) is 3.25. The predicted octanol–water partition coefficient (Wildman–Crippen LogP) is 0.859. The minimum absolute atomic E-state index is 0.143. The van der Waals surface area contributed by atoms with Gasteiger partial charge in [-0.05, 0) is 32.9 Å². The highest BCUT2D eigenvalue weighted by Crippen LogP contribution is 2.16. The Morgan fingerprint density at radius 3 is 2.37 bits per heavy atom. The van der Waals surface area contributed by atoms with E-state index in [4.69, 9.17) is 0 Å². The van der Waals surface area contributed by atoms with E-state index in [9.17, 15) is 5.11 Å². The molecule has 19 heavy (non-hydrogen) atoms. The van der Waals surface area contributed by atoms with E-state index < -0.39 is 0 Å². The number of piperidine rings is 1. The molecule has 2 aliphatic heterocycles. The van der Waals surface area contributed by atoms with Crippen molar-refractivity contribution >= 4 is 0 Å². The third-order valence-electron chi connectivity index (χ3n) is 4.80. The summed E-state index contributed by atoms with van der Waals surface area (Å²) >= 11 is 0. The van der Waals surface area contributed by atoms with Crippen molar-refractivity contribution < 1.29 is 5.11 Å². The van der Waals surface area contributed by atoms with Crippen molar-refractivity contribution in [3.63, 3.8) is 0 Å². The molecule has 2 aliphatic rings. The van der Waals surface area contributed by atoms with Gasteiger partial charge in [0, 0.05) is 45.3 Å². The normalized spacial score (nSPS) is 29.5. The third-order valence-corrected chi connectivity index (χ3v) is 4.80. The highest BCUT2D eigenvalue weighted by molar-refractivity contribution is 4.81. The summed E-state index contributed by atoms with van der Waals surface area (Å²) in [5.41, 5.74) is 0. The van der Waals surface area contributed by atoms with Gasteiger partial charge in [-0.25, -0.2) is 0 Å². The van der Waals surface area contributed by atoms with Crippen molar-refractivity contribution in [2.24, 2.45) is 0 Å². The van der Waals surface area contributed by atoms with Crippen LogP contribution in [0.1, 0.15) is 32.6 Å². The zero-order chi connectivity index (χ0) is 13.7. The van der Waals surface area contributed by atoms with Gasteiger partial charge in [0.1, 0.15) is 0 Å². The van der Waals surface area contributed by atoms with Crippen LogP contribution in [0.5, 0.6) is 0 Å². The maximum Gasteiger partial charge on any atom is 0.0664 e. The van der Waals surface area contributed by atoms with Crippen LogP contribution in [-0.2, 0) is 0 Å². The van der Waals surface area contributed by atoms with Gasteiger partial charge in [-0.1, -0.05) is 13.3 Å². The lowest BCUT2D eigenvalue weighted by atomic mass is 10.0. The smallest absolute Gasteiger partial charge is 0.0664 e. The van der Waals surface area contributed by atoms with E-state index in [-0.39, 0.29) is 6.10 Å².